The molecule has 234 valence electrons. The van der Waals surface area contributed by atoms with Crippen molar-refractivity contribution in [3.05, 3.63) is 64.9 Å². The molecule has 6 rings (SSSR count). The highest BCUT2D eigenvalue weighted by molar-refractivity contribution is 5.95. The number of amides is 2. The van der Waals surface area contributed by atoms with Crippen molar-refractivity contribution in [3.8, 4) is 5.75 Å². The minimum Gasteiger partial charge on any atom is -0.486 e. The first kappa shape index (κ1) is 29.9. The molecule has 1 unspecified atom stereocenters. The minimum atomic E-state index is -0.772. The van der Waals surface area contributed by atoms with E-state index in [-0.39, 0.29) is 24.4 Å². The molecule has 0 bridgehead atoms. The van der Waals surface area contributed by atoms with Crippen LogP contribution in [0.2, 0.25) is 0 Å². The lowest BCUT2D eigenvalue weighted by molar-refractivity contribution is -0.129. The Bertz CT molecular complexity index is 1480. The van der Waals surface area contributed by atoms with Crippen molar-refractivity contribution >= 4 is 23.5 Å². The molecule has 44 heavy (non-hydrogen) atoms. The van der Waals surface area contributed by atoms with Gasteiger partial charge in [-0.15, -0.1) is 0 Å². The molecule has 0 spiro atoms. The van der Waals surface area contributed by atoms with E-state index < -0.39 is 6.10 Å². The quantitative estimate of drug-likeness (QED) is 0.273. The number of aliphatic hydroxyl groups excluding tert-OH is 1. The lowest BCUT2D eigenvalue weighted by Crippen LogP contribution is -2.49. The van der Waals surface area contributed by atoms with Crippen molar-refractivity contribution in [3.63, 3.8) is 0 Å². The number of aryl methyl sites for hydroxylation is 1. The molecule has 1 saturated heterocycles. The van der Waals surface area contributed by atoms with Crippen molar-refractivity contribution < 1.29 is 23.8 Å². The number of oxazole rings is 1. The Morgan fingerprint density at radius 1 is 1.16 bits per heavy atom. The number of nitrogens with zero attached hydrogens (tertiary/aromatic N) is 4. The Balaban J connectivity index is 1.05. The number of aliphatic hydroxyl groups is 1. The smallest absolute Gasteiger partial charge is 0.251 e. The molecule has 4 heterocycles. The Labute approximate surface area is 257 Å². The van der Waals surface area contributed by atoms with E-state index in [1.54, 1.807) is 19.1 Å². The number of carbonyl (C=O) groups excluding carboxylic acids is 2. The van der Waals surface area contributed by atoms with Gasteiger partial charge in [-0.25, -0.2) is 9.97 Å². The Morgan fingerprint density at radius 3 is 2.68 bits per heavy atom. The zero-order valence-electron chi connectivity index (χ0n) is 25.3. The fourth-order valence-corrected chi connectivity index (χ4v) is 5.83. The summed E-state index contributed by atoms with van der Waals surface area (Å²) in [5, 5.41) is 20.8. The monoisotopic (exact) mass is 603 g/mol. The fourth-order valence-electron chi connectivity index (χ4n) is 5.83. The number of ether oxygens (including phenoxy) is 1. The maximum absolute atomic E-state index is 13.3. The van der Waals surface area contributed by atoms with Gasteiger partial charge in [0.05, 0.1) is 11.8 Å². The minimum absolute atomic E-state index is 0.0699. The topological polar surface area (TPSA) is 145 Å². The Morgan fingerprint density at radius 2 is 1.98 bits per heavy atom. The first-order valence-corrected chi connectivity index (χ1v) is 15.4. The maximum atomic E-state index is 13.3. The average Bonchev–Trinajstić information content (AvgIpc) is 3.44. The lowest BCUT2D eigenvalue weighted by Gasteiger charge is -2.35. The standard InChI is InChI=1S/C32H41N7O5/c1-20-29(44-19-35-20)18-43-26-7-6-22-13-27(33-16-24(22)12-26)28(41)17-34-32(42)23-14-30(36-25-4-3-5-25)37-31(15-23)39-10-8-38(9-11-39)21(2)40/h6-7,12,14-15,19,25,27-28,33,41H,3-5,8-11,13,16-18H2,1-2H3,(H,34,42)(H,36,37)/t27-,28?/m0/s1. The first-order chi connectivity index (χ1) is 21.3. The molecule has 2 aliphatic heterocycles. The van der Waals surface area contributed by atoms with Crippen LogP contribution in [-0.4, -0.2) is 82.7 Å². The molecule has 1 aromatic carbocycles. The molecule has 2 aromatic heterocycles. The van der Waals surface area contributed by atoms with Gasteiger partial charge in [0, 0.05) is 63.8 Å². The van der Waals surface area contributed by atoms with E-state index in [2.05, 4.69) is 25.8 Å². The average molecular weight is 604 g/mol. The molecule has 2 fully saturated rings. The third kappa shape index (κ3) is 6.97. The van der Waals surface area contributed by atoms with E-state index >= 15 is 0 Å². The number of nitrogens with one attached hydrogen (secondary N) is 3. The van der Waals surface area contributed by atoms with Gasteiger partial charge in [-0.1, -0.05) is 6.07 Å². The van der Waals surface area contributed by atoms with Crippen molar-refractivity contribution in [2.75, 3.05) is 42.9 Å². The van der Waals surface area contributed by atoms with E-state index in [4.69, 9.17) is 14.1 Å². The van der Waals surface area contributed by atoms with Gasteiger partial charge in [-0.3, -0.25) is 9.59 Å². The zero-order valence-corrected chi connectivity index (χ0v) is 25.3. The van der Waals surface area contributed by atoms with E-state index in [0.717, 1.165) is 35.4 Å². The molecular formula is C32H41N7O5. The number of piperazine rings is 1. The highest BCUT2D eigenvalue weighted by atomic mass is 16.5. The summed E-state index contributed by atoms with van der Waals surface area (Å²) < 4.78 is 11.2. The van der Waals surface area contributed by atoms with Crippen molar-refractivity contribution in [2.45, 2.75) is 70.9 Å². The lowest BCUT2D eigenvalue weighted by atomic mass is 9.92. The molecule has 4 N–H and O–H groups in total. The van der Waals surface area contributed by atoms with Crippen LogP contribution in [-0.2, 0) is 24.4 Å². The number of anilines is 2. The highest BCUT2D eigenvalue weighted by Gasteiger charge is 2.27. The SMILES string of the molecule is CC(=O)N1CCN(c2cc(C(=O)NCC(O)[C@@H]3Cc4ccc(OCc5ocnc5C)cc4CN3)cc(NC3CCC3)n2)CC1. The predicted octanol–water partition coefficient (Wildman–Crippen LogP) is 2.40. The number of aromatic nitrogens is 2. The van der Waals surface area contributed by atoms with Gasteiger partial charge in [0.15, 0.2) is 12.2 Å². The van der Waals surface area contributed by atoms with Gasteiger partial charge < -0.3 is 40.0 Å². The van der Waals surface area contributed by atoms with Crippen molar-refractivity contribution in [1.29, 1.82) is 0 Å². The van der Waals surface area contributed by atoms with Crippen molar-refractivity contribution in [1.82, 2.24) is 25.5 Å². The predicted molar refractivity (Wildman–Crippen MR) is 165 cm³/mol. The number of rotatable bonds is 10. The zero-order chi connectivity index (χ0) is 30.6. The summed E-state index contributed by atoms with van der Waals surface area (Å²) in [5.41, 5.74) is 3.56. The molecule has 1 saturated carbocycles. The number of pyridine rings is 1. The van der Waals surface area contributed by atoms with Gasteiger partial charge in [-0.2, -0.15) is 0 Å². The van der Waals surface area contributed by atoms with E-state index in [9.17, 15) is 14.7 Å². The van der Waals surface area contributed by atoms with Gasteiger partial charge >= 0.3 is 0 Å². The molecule has 2 atom stereocenters. The van der Waals surface area contributed by atoms with Crippen LogP contribution in [0.25, 0.3) is 0 Å². The van der Waals surface area contributed by atoms with Crippen LogP contribution in [0.1, 0.15) is 59.1 Å². The maximum Gasteiger partial charge on any atom is 0.251 e. The number of benzene rings is 1. The molecule has 3 aliphatic rings. The molecular weight excluding hydrogens is 562 g/mol. The van der Waals surface area contributed by atoms with Gasteiger partial charge in [0.25, 0.3) is 5.91 Å². The van der Waals surface area contributed by atoms with Gasteiger partial charge in [0.2, 0.25) is 5.91 Å². The van der Waals surface area contributed by atoms with Crippen LogP contribution >= 0.6 is 0 Å². The third-order valence-electron chi connectivity index (χ3n) is 8.90. The van der Waals surface area contributed by atoms with Gasteiger partial charge in [0.1, 0.15) is 24.0 Å². The second-order valence-corrected chi connectivity index (χ2v) is 11.9. The summed E-state index contributed by atoms with van der Waals surface area (Å²) in [4.78, 5) is 38.0. The normalized spacial score (nSPS) is 19.1. The Hall–Kier alpha value is -4.16. The number of hydrogen-bond donors (Lipinski definition) is 4. The molecule has 12 heteroatoms. The van der Waals surface area contributed by atoms with Crippen LogP contribution < -0.4 is 25.6 Å². The number of hydrogen-bond acceptors (Lipinski definition) is 10. The molecule has 2 amide bonds. The van der Waals surface area contributed by atoms with Gasteiger partial charge in [-0.05, 0) is 68.0 Å². The number of carbonyl (C=O) groups is 2. The second kappa shape index (κ2) is 13.2. The molecule has 0 radical (unpaired) electrons. The van der Waals surface area contributed by atoms with Crippen LogP contribution in [0, 0.1) is 6.92 Å². The Kier molecular flexibility index (Phi) is 8.99. The summed E-state index contributed by atoms with van der Waals surface area (Å²) in [6, 6.07) is 9.72. The van der Waals surface area contributed by atoms with Crippen LogP contribution in [0.5, 0.6) is 5.75 Å². The highest BCUT2D eigenvalue weighted by Crippen LogP contribution is 2.27. The van der Waals surface area contributed by atoms with Crippen LogP contribution in [0.15, 0.2) is 41.1 Å². The first-order valence-electron chi connectivity index (χ1n) is 15.4. The summed E-state index contributed by atoms with van der Waals surface area (Å²) in [6.45, 7) is 7.04. The summed E-state index contributed by atoms with van der Waals surface area (Å²) in [6.07, 6.45) is 4.64. The van der Waals surface area contributed by atoms with Crippen molar-refractivity contribution in [2.24, 2.45) is 0 Å². The van der Waals surface area contributed by atoms with Crippen LogP contribution in [0.3, 0.4) is 0 Å². The summed E-state index contributed by atoms with van der Waals surface area (Å²) >= 11 is 0. The van der Waals surface area contributed by atoms with Crippen LogP contribution in [0.4, 0.5) is 11.6 Å². The summed E-state index contributed by atoms with van der Waals surface area (Å²) in [7, 11) is 0. The van der Waals surface area contributed by atoms with E-state index in [1.165, 1.54) is 12.8 Å². The largest absolute Gasteiger partial charge is 0.486 e. The molecule has 12 nitrogen and oxygen atoms in total. The summed E-state index contributed by atoms with van der Waals surface area (Å²) in [5.74, 6) is 2.65. The van der Waals surface area contributed by atoms with E-state index in [0.29, 0.717) is 74.8 Å². The number of fused-ring (bicyclic) bond motifs is 1. The molecule has 1 aliphatic carbocycles. The molecule has 3 aromatic rings. The van der Waals surface area contributed by atoms with E-state index in [1.807, 2.05) is 30.0 Å². The fraction of sp³-hybridized carbons (Fsp3) is 0.500. The third-order valence-corrected chi connectivity index (χ3v) is 8.90. The second-order valence-electron chi connectivity index (χ2n) is 11.9.